The maximum atomic E-state index is 12.0. The molecular formula is C36H51N5OS. The first-order chi connectivity index (χ1) is 20.3. The zero-order valence-corrected chi connectivity index (χ0v) is 27.8. The standard InChI is InChI=1S/C36H51N5OS/c1-12-16-27(4)23-31(8)41(11)25-29(6)21-28(5)22-30(7)37-33(10)43-32(9)17-14-15-18-34-19-20-35(40-39-34)38-36(42)24-26(3)13-2/h12-13,16,19-21,37H,4-5,7-10,14-15,17-18,22-25H2,1-3,6,11H3,(H,38,40,42)/b16-12-,26-13+,29-21+. The van der Waals surface area contributed by atoms with E-state index >= 15 is 0 Å². The van der Waals surface area contributed by atoms with Crippen molar-refractivity contribution in [3.05, 3.63) is 125 Å². The Balaban J connectivity index is 2.34. The van der Waals surface area contributed by atoms with Crippen LogP contribution < -0.4 is 10.6 Å². The van der Waals surface area contributed by atoms with Crippen LogP contribution in [0.3, 0.4) is 0 Å². The van der Waals surface area contributed by atoms with Crippen LogP contribution in [0.15, 0.2) is 120 Å². The van der Waals surface area contributed by atoms with Gasteiger partial charge < -0.3 is 15.5 Å². The second-order valence-electron chi connectivity index (χ2n) is 10.9. The summed E-state index contributed by atoms with van der Waals surface area (Å²) in [6.07, 6.45) is 13.4. The highest BCUT2D eigenvalue weighted by Gasteiger charge is 2.08. The number of hydrogen-bond acceptors (Lipinski definition) is 6. The number of thioether (sulfide) groups is 1. The maximum absolute atomic E-state index is 12.0. The molecule has 0 aliphatic heterocycles. The summed E-state index contributed by atoms with van der Waals surface area (Å²) in [6.45, 7) is 33.6. The van der Waals surface area contributed by atoms with Crippen LogP contribution in [-0.4, -0.2) is 34.6 Å². The van der Waals surface area contributed by atoms with E-state index in [4.69, 9.17) is 0 Å². The number of allylic oxidation sites excluding steroid dienone is 7. The summed E-state index contributed by atoms with van der Waals surface area (Å²) in [4.78, 5) is 15.2. The van der Waals surface area contributed by atoms with Gasteiger partial charge in [-0.05, 0) is 81.6 Å². The summed E-state index contributed by atoms with van der Waals surface area (Å²) in [5.41, 5.74) is 7.01. The molecule has 1 aromatic rings. The van der Waals surface area contributed by atoms with Crippen LogP contribution in [0, 0.1) is 0 Å². The van der Waals surface area contributed by atoms with Gasteiger partial charge in [0.25, 0.3) is 0 Å². The van der Waals surface area contributed by atoms with Crippen LogP contribution >= 0.6 is 11.8 Å². The van der Waals surface area contributed by atoms with E-state index in [9.17, 15) is 4.79 Å². The van der Waals surface area contributed by atoms with Gasteiger partial charge in [0.1, 0.15) is 0 Å². The average Bonchev–Trinajstić information content (AvgIpc) is 2.91. The van der Waals surface area contributed by atoms with Crippen molar-refractivity contribution in [3.8, 4) is 0 Å². The minimum atomic E-state index is -0.0883. The number of rotatable bonds is 21. The van der Waals surface area contributed by atoms with E-state index in [0.29, 0.717) is 18.7 Å². The Bertz CT molecular complexity index is 1270. The van der Waals surface area contributed by atoms with Crippen molar-refractivity contribution in [1.29, 1.82) is 0 Å². The molecular weight excluding hydrogens is 550 g/mol. The van der Waals surface area contributed by atoms with Gasteiger partial charge in [-0.25, -0.2) is 0 Å². The first kappa shape index (κ1) is 37.2. The van der Waals surface area contributed by atoms with Crippen LogP contribution in [0.25, 0.3) is 0 Å². The van der Waals surface area contributed by atoms with Gasteiger partial charge in [0, 0.05) is 44.2 Å². The lowest BCUT2D eigenvalue weighted by molar-refractivity contribution is -0.115. The molecule has 0 saturated heterocycles. The lowest BCUT2D eigenvalue weighted by Crippen LogP contribution is -2.19. The fraction of sp³-hybridized carbons (Fsp3) is 0.361. The van der Waals surface area contributed by atoms with Crippen molar-refractivity contribution in [3.63, 3.8) is 0 Å². The van der Waals surface area contributed by atoms with Crippen LogP contribution in [0.5, 0.6) is 0 Å². The van der Waals surface area contributed by atoms with Crippen LogP contribution in [0.4, 0.5) is 5.82 Å². The zero-order valence-electron chi connectivity index (χ0n) is 27.0. The summed E-state index contributed by atoms with van der Waals surface area (Å²) in [5, 5.41) is 15.2. The Kier molecular flexibility index (Phi) is 17.4. The topological polar surface area (TPSA) is 70.2 Å². The minimum absolute atomic E-state index is 0.0883. The molecule has 0 atom stereocenters. The van der Waals surface area contributed by atoms with Crippen molar-refractivity contribution in [2.75, 3.05) is 18.9 Å². The molecule has 0 unspecified atom stereocenters. The highest BCUT2D eigenvalue weighted by Crippen LogP contribution is 2.26. The normalized spacial score (nSPS) is 11.7. The Morgan fingerprint density at radius 3 is 2.30 bits per heavy atom. The van der Waals surface area contributed by atoms with Gasteiger partial charge in [0.05, 0.1) is 10.7 Å². The largest absolute Gasteiger partial charge is 0.374 e. The molecule has 2 N–H and O–H groups in total. The molecule has 1 rings (SSSR count). The van der Waals surface area contributed by atoms with E-state index in [2.05, 4.69) is 78.2 Å². The number of nitrogens with zero attached hydrogens (tertiary/aromatic N) is 3. The monoisotopic (exact) mass is 601 g/mol. The smallest absolute Gasteiger partial charge is 0.229 e. The molecule has 6 nitrogen and oxygen atoms in total. The number of aromatic nitrogens is 2. The van der Waals surface area contributed by atoms with Crippen molar-refractivity contribution < 1.29 is 4.79 Å². The minimum Gasteiger partial charge on any atom is -0.374 e. The number of amides is 1. The number of hydrogen-bond donors (Lipinski definition) is 2. The predicted molar refractivity (Wildman–Crippen MR) is 188 cm³/mol. The Morgan fingerprint density at radius 1 is 0.953 bits per heavy atom. The van der Waals surface area contributed by atoms with Gasteiger partial charge in [-0.2, -0.15) is 5.10 Å². The molecule has 0 aliphatic carbocycles. The number of unbranched alkanes of at least 4 members (excludes halogenated alkanes) is 1. The molecule has 1 aromatic heterocycles. The molecule has 0 aromatic carbocycles. The third kappa shape index (κ3) is 17.0. The van der Waals surface area contributed by atoms with Gasteiger partial charge in [0.15, 0.2) is 5.82 Å². The fourth-order valence-electron chi connectivity index (χ4n) is 4.12. The molecule has 1 heterocycles. The predicted octanol–water partition coefficient (Wildman–Crippen LogP) is 9.17. The van der Waals surface area contributed by atoms with Crippen molar-refractivity contribution in [2.24, 2.45) is 0 Å². The second kappa shape index (κ2) is 20.1. The molecule has 0 radical (unpaired) electrons. The van der Waals surface area contributed by atoms with Gasteiger partial charge in [-0.15, -0.1) is 5.10 Å². The second-order valence-corrected chi connectivity index (χ2v) is 12.1. The molecule has 0 aliphatic rings. The summed E-state index contributed by atoms with van der Waals surface area (Å²) in [5.74, 6) is 0.386. The number of aryl methyl sites for hydroxylation is 1. The van der Waals surface area contributed by atoms with Crippen LogP contribution in [-0.2, 0) is 11.2 Å². The van der Waals surface area contributed by atoms with E-state index < -0.39 is 0 Å². The zero-order chi connectivity index (χ0) is 32.4. The Labute approximate surface area is 264 Å². The van der Waals surface area contributed by atoms with Gasteiger partial charge >= 0.3 is 0 Å². The molecule has 0 bridgehead atoms. The van der Waals surface area contributed by atoms with E-state index in [1.54, 1.807) is 17.8 Å². The first-order valence-electron chi connectivity index (χ1n) is 14.6. The van der Waals surface area contributed by atoms with E-state index in [0.717, 1.165) is 82.4 Å². The molecule has 232 valence electrons. The molecule has 0 saturated carbocycles. The summed E-state index contributed by atoms with van der Waals surface area (Å²) in [6, 6.07) is 3.71. The average molecular weight is 602 g/mol. The third-order valence-electron chi connectivity index (χ3n) is 6.39. The lowest BCUT2D eigenvalue weighted by atomic mass is 10.1. The summed E-state index contributed by atoms with van der Waals surface area (Å²) in [7, 11) is 2.04. The van der Waals surface area contributed by atoms with Crippen LogP contribution in [0.2, 0.25) is 0 Å². The quantitative estimate of drug-likeness (QED) is 0.0832. The molecule has 43 heavy (non-hydrogen) atoms. The Hall–Kier alpha value is -3.84. The molecule has 0 fully saturated rings. The van der Waals surface area contributed by atoms with Gasteiger partial charge in [-0.3, -0.25) is 4.79 Å². The molecule has 1 amide bonds. The van der Waals surface area contributed by atoms with Gasteiger partial charge in [0.2, 0.25) is 5.91 Å². The third-order valence-corrected chi connectivity index (χ3v) is 7.23. The number of carbonyl (C=O) groups excluding carboxylic acids is 1. The highest BCUT2D eigenvalue weighted by molar-refractivity contribution is 8.06. The first-order valence-corrected chi connectivity index (χ1v) is 15.4. The number of nitrogens with one attached hydrogen (secondary N) is 2. The molecule has 0 spiro atoms. The number of anilines is 1. The van der Waals surface area contributed by atoms with E-state index in [1.165, 1.54) is 5.57 Å². The number of carbonyl (C=O) groups is 1. The number of likely N-dealkylation sites (N-methyl/N-ethyl adjacent to an activating group) is 1. The van der Waals surface area contributed by atoms with Crippen LogP contribution in [0.1, 0.15) is 71.9 Å². The lowest BCUT2D eigenvalue weighted by Gasteiger charge is -2.22. The van der Waals surface area contributed by atoms with Crippen molar-refractivity contribution in [2.45, 2.75) is 72.6 Å². The van der Waals surface area contributed by atoms with E-state index in [1.807, 2.05) is 52.1 Å². The molecule has 7 heteroatoms. The SMILES string of the molecule is C=C(/C=C\C)CC(=C)N(C)C/C(C)=C/C(=C)CC(=C)NC(=C)SC(=C)CCCCc1ccc(NC(=O)C/C(C)=C/C)nn1. The fourth-order valence-corrected chi connectivity index (χ4v) is 4.91. The highest BCUT2D eigenvalue weighted by atomic mass is 32.2. The van der Waals surface area contributed by atoms with E-state index in [-0.39, 0.29) is 5.91 Å². The van der Waals surface area contributed by atoms with Crippen molar-refractivity contribution in [1.82, 2.24) is 20.4 Å². The van der Waals surface area contributed by atoms with Gasteiger partial charge in [-0.1, -0.05) is 86.7 Å². The Morgan fingerprint density at radius 2 is 1.67 bits per heavy atom. The van der Waals surface area contributed by atoms with Crippen molar-refractivity contribution >= 4 is 23.5 Å². The maximum Gasteiger partial charge on any atom is 0.229 e. The summed E-state index contributed by atoms with van der Waals surface area (Å²) < 4.78 is 0. The summed E-state index contributed by atoms with van der Waals surface area (Å²) >= 11 is 1.54.